The summed E-state index contributed by atoms with van der Waals surface area (Å²) in [7, 11) is 0. The molecular formula is C32H53N7O9. The first-order chi connectivity index (χ1) is 22.8. The van der Waals surface area contributed by atoms with Gasteiger partial charge in [-0.15, -0.1) is 0 Å². The van der Waals surface area contributed by atoms with Gasteiger partial charge in [0, 0.05) is 31.8 Å². The lowest BCUT2D eigenvalue weighted by atomic mass is 10.0. The summed E-state index contributed by atoms with van der Waals surface area (Å²) in [6.45, 7) is 15.2. The number of amides is 7. The molecule has 6 N–H and O–H groups in total. The van der Waals surface area contributed by atoms with Gasteiger partial charge in [0.2, 0.25) is 41.4 Å². The van der Waals surface area contributed by atoms with Crippen molar-refractivity contribution in [3.8, 4) is 0 Å². The highest BCUT2D eigenvalue weighted by Crippen LogP contribution is 2.18. The molecule has 7 amide bonds. The van der Waals surface area contributed by atoms with E-state index in [4.69, 9.17) is 9.47 Å². The average Bonchev–Trinajstić information content (AvgIpc) is 3.53. The normalized spacial score (nSPS) is 15.1. The van der Waals surface area contributed by atoms with Crippen LogP contribution in [0.4, 0.5) is 0 Å². The lowest BCUT2D eigenvalue weighted by Crippen LogP contribution is -2.54. The van der Waals surface area contributed by atoms with Gasteiger partial charge in [0.15, 0.2) is 0 Å². The standard InChI is InChI=1S/C32H53N7O9/c1-7-26(40)37-23(6)32(46)39-14-8-10-25(39)31(45)36-19-27(41)38-24(18-21(2)3)30(44)35-13-15-47-16-17-48-20-28(42)33-11-9-12-34-29(43)22(4)5/h7,21,23-25H,1,4,8-20H2,2-3,5-6H3,(H,33,42)(H,34,43)(H,35,44)(H,36,45)(H,37,40)(H,38,41)/t23-,24?,25-/m0/s1. The highest BCUT2D eigenvalue weighted by atomic mass is 16.5. The molecule has 0 radical (unpaired) electrons. The van der Waals surface area contributed by atoms with Crippen LogP contribution in [0.1, 0.15) is 53.4 Å². The Morgan fingerprint density at radius 1 is 0.875 bits per heavy atom. The Bertz CT molecular complexity index is 1140. The molecule has 16 heteroatoms. The van der Waals surface area contributed by atoms with Gasteiger partial charge in [-0.3, -0.25) is 33.6 Å². The van der Waals surface area contributed by atoms with E-state index in [0.717, 1.165) is 6.08 Å². The third kappa shape index (κ3) is 17.0. The van der Waals surface area contributed by atoms with Gasteiger partial charge < -0.3 is 46.3 Å². The molecule has 1 fully saturated rings. The molecule has 1 unspecified atom stereocenters. The van der Waals surface area contributed by atoms with Crippen LogP contribution in [0.15, 0.2) is 24.8 Å². The van der Waals surface area contributed by atoms with Gasteiger partial charge in [0.25, 0.3) is 0 Å². The Kier molecular flexibility index (Phi) is 20.1. The van der Waals surface area contributed by atoms with Gasteiger partial charge in [-0.1, -0.05) is 27.0 Å². The topological polar surface area (TPSA) is 213 Å². The molecule has 1 aliphatic rings. The van der Waals surface area contributed by atoms with Crippen molar-refractivity contribution in [2.24, 2.45) is 5.92 Å². The number of hydrogen-bond acceptors (Lipinski definition) is 9. The fraction of sp³-hybridized carbons (Fsp3) is 0.656. The molecule has 0 bridgehead atoms. The Balaban J connectivity index is 2.33. The third-order valence-corrected chi connectivity index (χ3v) is 7.03. The fourth-order valence-corrected chi connectivity index (χ4v) is 4.59. The van der Waals surface area contributed by atoms with Crippen molar-refractivity contribution >= 4 is 41.4 Å². The van der Waals surface area contributed by atoms with Gasteiger partial charge >= 0.3 is 0 Å². The van der Waals surface area contributed by atoms with Gasteiger partial charge in [-0.05, 0) is 51.5 Å². The summed E-state index contributed by atoms with van der Waals surface area (Å²) >= 11 is 0. The molecule has 270 valence electrons. The molecule has 16 nitrogen and oxygen atoms in total. The molecule has 1 rings (SSSR count). The number of nitrogens with zero attached hydrogens (tertiary/aromatic N) is 1. The summed E-state index contributed by atoms with van der Waals surface area (Å²) in [6, 6.07) is -2.45. The molecule has 0 aromatic carbocycles. The molecule has 1 heterocycles. The summed E-state index contributed by atoms with van der Waals surface area (Å²) in [5.41, 5.74) is 0.422. The average molecular weight is 680 g/mol. The first-order valence-corrected chi connectivity index (χ1v) is 16.2. The molecule has 0 spiro atoms. The summed E-state index contributed by atoms with van der Waals surface area (Å²) in [4.78, 5) is 87.2. The van der Waals surface area contributed by atoms with Crippen LogP contribution in [-0.4, -0.2) is 124 Å². The molecule has 0 aliphatic carbocycles. The van der Waals surface area contributed by atoms with E-state index in [9.17, 15) is 33.6 Å². The van der Waals surface area contributed by atoms with Crippen molar-refractivity contribution in [3.05, 3.63) is 24.8 Å². The molecular weight excluding hydrogens is 626 g/mol. The van der Waals surface area contributed by atoms with Crippen molar-refractivity contribution in [3.63, 3.8) is 0 Å². The van der Waals surface area contributed by atoms with E-state index >= 15 is 0 Å². The fourth-order valence-electron chi connectivity index (χ4n) is 4.59. The lowest BCUT2D eigenvalue weighted by molar-refractivity contribution is -0.141. The van der Waals surface area contributed by atoms with E-state index in [1.807, 2.05) is 13.8 Å². The van der Waals surface area contributed by atoms with Gasteiger partial charge in [0.1, 0.15) is 24.7 Å². The van der Waals surface area contributed by atoms with Crippen LogP contribution in [-0.2, 0) is 43.0 Å². The van der Waals surface area contributed by atoms with Crippen molar-refractivity contribution in [1.82, 2.24) is 36.8 Å². The number of nitrogens with one attached hydrogen (secondary N) is 6. The minimum atomic E-state index is -0.842. The SMILES string of the molecule is C=CC(=O)N[C@@H](C)C(=O)N1CCC[C@H]1C(=O)NCC(=O)NC(CC(C)C)C(=O)NCCOCCOCC(=O)NCCCNC(=O)C(=C)C. The zero-order valence-electron chi connectivity index (χ0n) is 28.6. The van der Waals surface area contributed by atoms with E-state index in [2.05, 4.69) is 45.1 Å². The second kappa shape index (κ2) is 23.1. The number of likely N-dealkylation sites (tertiary alicyclic amines) is 1. The molecule has 48 heavy (non-hydrogen) atoms. The van der Waals surface area contributed by atoms with Crippen molar-refractivity contribution in [2.45, 2.75) is 71.5 Å². The maximum absolute atomic E-state index is 12.8. The Labute approximate surface area is 282 Å². The van der Waals surface area contributed by atoms with Gasteiger partial charge in [0.05, 0.1) is 26.4 Å². The summed E-state index contributed by atoms with van der Waals surface area (Å²) in [6.07, 6.45) is 3.01. The van der Waals surface area contributed by atoms with Crippen LogP contribution < -0.4 is 31.9 Å². The maximum atomic E-state index is 12.8. The van der Waals surface area contributed by atoms with E-state index < -0.39 is 47.7 Å². The molecule has 0 aromatic rings. The number of carbonyl (C=O) groups is 7. The third-order valence-electron chi connectivity index (χ3n) is 7.03. The van der Waals surface area contributed by atoms with Crippen LogP contribution in [0.5, 0.6) is 0 Å². The monoisotopic (exact) mass is 679 g/mol. The van der Waals surface area contributed by atoms with Crippen LogP contribution in [0.25, 0.3) is 0 Å². The summed E-state index contributed by atoms with van der Waals surface area (Å²) in [5, 5.41) is 15.8. The van der Waals surface area contributed by atoms with Gasteiger partial charge in [-0.25, -0.2) is 0 Å². The van der Waals surface area contributed by atoms with Gasteiger partial charge in [-0.2, -0.15) is 0 Å². The summed E-state index contributed by atoms with van der Waals surface area (Å²) < 4.78 is 10.7. The quantitative estimate of drug-likeness (QED) is 0.0557. The van der Waals surface area contributed by atoms with Crippen LogP contribution in [0, 0.1) is 5.92 Å². The first kappa shape index (κ1) is 41.7. The number of hydrogen-bond donors (Lipinski definition) is 6. The second-order valence-corrected chi connectivity index (χ2v) is 11.8. The van der Waals surface area contributed by atoms with Crippen LogP contribution in [0.2, 0.25) is 0 Å². The smallest absolute Gasteiger partial charge is 0.246 e. The van der Waals surface area contributed by atoms with Crippen LogP contribution >= 0.6 is 0 Å². The summed E-state index contributed by atoms with van der Waals surface area (Å²) in [5.74, 6) is -2.78. The van der Waals surface area contributed by atoms with E-state index in [1.165, 1.54) is 11.8 Å². The van der Waals surface area contributed by atoms with Crippen molar-refractivity contribution < 1.29 is 43.0 Å². The number of carbonyl (C=O) groups excluding carboxylic acids is 7. The Hall–Kier alpha value is -4.31. The zero-order valence-corrected chi connectivity index (χ0v) is 28.6. The van der Waals surface area contributed by atoms with Crippen molar-refractivity contribution in [1.29, 1.82) is 0 Å². The van der Waals surface area contributed by atoms with E-state index in [-0.39, 0.29) is 57.2 Å². The predicted molar refractivity (Wildman–Crippen MR) is 177 cm³/mol. The predicted octanol–water partition coefficient (Wildman–Crippen LogP) is -1.34. The van der Waals surface area contributed by atoms with Crippen molar-refractivity contribution in [2.75, 3.05) is 59.2 Å². The molecule has 0 saturated carbocycles. The Morgan fingerprint density at radius 2 is 1.56 bits per heavy atom. The minimum absolute atomic E-state index is 0.0882. The highest BCUT2D eigenvalue weighted by molar-refractivity contribution is 5.96. The molecule has 1 saturated heterocycles. The maximum Gasteiger partial charge on any atom is 0.246 e. The lowest BCUT2D eigenvalue weighted by Gasteiger charge is -2.27. The largest absolute Gasteiger partial charge is 0.377 e. The highest BCUT2D eigenvalue weighted by Gasteiger charge is 2.36. The minimum Gasteiger partial charge on any atom is -0.377 e. The second-order valence-electron chi connectivity index (χ2n) is 11.8. The number of rotatable bonds is 23. The molecule has 1 aliphatic heterocycles. The van der Waals surface area contributed by atoms with E-state index in [1.54, 1.807) is 6.92 Å². The number of ether oxygens (including phenoxy) is 2. The first-order valence-electron chi connectivity index (χ1n) is 16.2. The van der Waals surface area contributed by atoms with E-state index in [0.29, 0.717) is 50.9 Å². The zero-order chi connectivity index (χ0) is 36.1. The molecule has 3 atom stereocenters. The molecule has 0 aromatic heterocycles. The Morgan fingerprint density at radius 3 is 2.23 bits per heavy atom. The van der Waals surface area contributed by atoms with Crippen LogP contribution in [0.3, 0.4) is 0 Å².